The third-order valence-corrected chi connectivity index (χ3v) is 4.25. The first kappa shape index (κ1) is 12.6. The topological polar surface area (TPSA) is 26.0 Å². The van der Waals surface area contributed by atoms with Gasteiger partial charge in [-0.25, -0.2) is 0 Å². The Morgan fingerprint density at radius 2 is 2.06 bits per heavy atom. The van der Waals surface area contributed by atoms with Gasteiger partial charge in [0, 0.05) is 10.7 Å². The highest BCUT2D eigenvalue weighted by molar-refractivity contribution is 7.17. The lowest BCUT2D eigenvalue weighted by Gasteiger charge is -2.09. The lowest BCUT2D eigenvalue weighted by Crippen LogP contribution is -2.19. The van der Waals surface area contributed by atoms with Crippen LogP contribution in [0, 0.1) is 0 Å². The van der Waals surface area contributed by atoms with Gasteiger partial charge < -0.3 is 5.73 Å². The number of aryl methyl sites for hydroxylation is 1. The minimum absolute atomic E-state index is 0.393. The molecule has 0 fully saturated rings. The molecule has 1 aromatic heterocycles. The fraction of sp³-hybridized carbons (Fsp3) is 0.467. The molecule has 0 bridgehead atoms. The van der Waals surface area contributed by atoms with Crippen LogP contribution in [0.2, 0.25) is 0 Å². The third-order valence-electron chi connectivity index (χ3n) is 3.24. The van der Waals surface area contributed by atoms with Gasteiger partial charge in [-0.05, 0) is 48.1 Å². The maximum absolute atomic E-state index is 6.04. The summed E-state index contributed by atoms with van der Waals surface area (Å²) in [6, 6.07) is 9.06. The molecule has 17 heavy (non-hydrogen) atoms. The Bertz CT molecular complexity index is 461. The smallest absolute Gasteiger partial charge is 0.0345 e. The first-order chi connectivity index (χ1) is 8.31. The molecule has 0 radical (unpaired) electrons. The first-order valence-corrected chi connectivity index (χ1v) is 7.40. The molecule has 0 saturated heterocycles. The van der Waals surface area contributed by atoms with E-state index in [1.165, 1.54) is 34.9 Å². The zero-order valence-corrected chi connectivity index (χ0v) is 11.3. The van der Waals surface area contributed by atoms with Crippen molar-refractivity contribution in [2.24, 2.45) is 5.73 Å². The van der Waals surface area contributed by atoms with Gasteiger partial charge in [-0.2, -0.15) is 0 Å². The Balaban J connectivity index is 1.91. The van der Waals surface area contributed by atoms with Crippen LogP contribution in [0.1, 0.15) is 38.2 Å². The van der Waals surface area contributed by atoms with Crippen molar-refractivity contribution in [1.82, 2.24) is 0 Å². The molecule has 0 aliphatic carbocycles. The predicted molar refractivity (Wildman–Crippen MR) is 77.6 cm³/mol. The Morgan fingerprint density at radius 3 is 2.88 bits per heavy atom. The first-order valence-electron chi connectivity index (χ1n) is 6.52. The summed E-state index contributed by atoms with van der Waals surface area (Å²) < 4.78 is 1.40. The highest BCUT2D eigenvalue weighted by Crippen LogP contribution is 2.26. The normalized spacial score (nSPS) is 13.1. The van der Waals surface area contributed by atoms with E-state index in [0.29, 0.717) is 6.04 Å². The molecule has 0 aliphatic heterocycles. The largest absolute Gasteiger partial charge is 0.328 e. The zero-order chi connectivity index (χ0) is 12.1. The van der Waals surface area contributed by atoms with Gasteiger partial charge in [0.25, 0.3) is 0 Å². The Morgan fingerprint density at radius 1 is 1.24 bits per heavy atom. The number of rotatable bonds is 6. The molecule has 92 valence electrons. The molecule has 0 aliphatic rings. The van der Waals surface area contributed by atoms with Gasteiger partial charge in [0.05, 0.1) is 0 Å². The average Bonchev–Trinajstić information content (AvgIpc) is 2.73. The van der Waals surface area contributed by atoms with Crippen LogP contribution in [-0.2, 0) is 6.42 Å². The van der Waals surface area contributed by atoms with Crippen molar-refractivity contribution in [1.29, 1.82) is 0 Å². The average molecular weight is 247 g/mol. The molecular formula is C15H21NS. The van der Waals surface area contributed by atoms with Gasteiger partial charge in [0.1, 0.15) is 0 Å². The highest BCUT2D eigenvalue weighted by atomic mass is 32.1. The van der Waals surface area contributed by atoms with Crippen LogP contribution in [0.3, 0.4) is 0 Å². The van der Waals surface area contributed by atoms with E-state index in [9.17, 15) is 0 Å². The van der Waals surface area contributed by atoms with Crippen molar-refractivity contribution in [3.63, 3.8) is 0 Å². The number of nitrogens with two attached hydrogens (primary N) is 1. The van der Waals surface area contributed by atoms with Crippen LogP contribution in [-0.4, -0.2) is 6.04 Å². The van der Waals surface area contributed by atoms with Crippen LogP contribution in [0.5, 0.6) is 0 Å². The van der Waals surface area contributed by atoms with Gasteiger partial charge in [-0.15, -0.1) is 11.3 Å². The maximum atomic E-state index is 6.04. The molecule has 0 amide bonds. The fourth-order valence-electron chi connectivity index (χ4n) is 2.30. The second kappa shape index (κ2) is 6.18. The van der Waals surface area contributed by atoms with Crippen LogP contribution in [0.4, 0.5) is 0 Å². The molecule has 2 aromatic rings. The zero-order valence-electron chi connectivity index (χ0n) is 10.5. The monoisotopic (exact) mass is 247 g/mol. The predicted octanol–water partition coefficient (Wildman–Crippen LogP) is 4.35. The molecule has 1 nitrogen and oxygen atoms in total. The number of hydrogen-bond donors (Lipinski definition) is 1. The van der Waals surface area contributed by atoms with E-state index in [1.807, 2.05) is 11.3 Å². The molecule has 1 unspecified atom stereocenters. The molecule has 0 saturated carbocycles. The molecule has 1 atom stereocenters. The molecule has 2 rings (SSSR count). The van der Waals surface area contributed by atoms with Crippen molar-refractivity contribution in [3.05, 3.63) is 35.2 Å². The van der Waals surface area contributed by atoms with Crippen LogP contribution in [0.15, 0.2) is 29.6 Å². The molecule has 1 heterocycles. The van der Waals surface area contributed by atoms with Crippen LogP contribution >= 0.6 is 11.3 Å². The third kappa shape index (κ3) is 3.30. The van der Waals surface area contributed by atoms with Crippen molar-refractivity contribution in [3.8, 4) is 0 Å². The van der Waals surface area contributed by atoms with E-state index < -0.39 is 0 Å². The molecular weight excluding hydrogens is 226 g/mol. The van der Waals surface area contributed by atoms with Crippen molar-refractivity contribution in [2.45, 2.75) is 45.1 Å². The highest BCUT2D eigenvalue weighted by Gasteiger charge is 2.05. The molecule has 0 spiro atoms. The number of benzene rings is 1. The van der Waals surface area contributed by atoms with E-state index in [4.69, 9.17) is 5.73 Å². The summed E-state index contributed by atoms with van der Waals surface area (Å²) in [6.07, 6.45) is 5.88. The van der Waals surface area contributed by atoms with E-state index in [-0.39, 0.29) is 0 Å². The van der Waals surface area contributed by atoms with Crippen molar-refractivity contribution < 1.29 is 0 Å². The molecule has 2 N–H and O–H groups in total. The van der Waals surface area contributed by atoms with Crippen molar-refractivity contribution >= 4 is 21.4 Å². The summed E-state index contributed by atoms with van der Waals surface area (Å²) in [5.74, 6) is 0. The molecule has 2 heteroatoms. The van der Waals surface area contributed by atoms with Crippen LogP contribution < -0.4 is 5.73 Å². The SMILES string of the molecule is CCCC(N)CCCc1csc2ccccc12. The summed E-state index contributed by atoms with van der Waals surface area (Å²) in [5.41, 5.74) is 7.53. The van der Waals surface area contributed by atoms with Crippen LogP contribution in [0.25, 0.3) is 10.1 Å². The lowest BCUT2D eigenvalue weighted by molar-refractivity contribution is 0.540. The fourth-order valence-corrected chi connectivity index (χ4v) is 3.29. The van der Waals surface area contributed by atoms with E-state index in [1.54, 1.807) is 0 Å². The van der Waals surface area contributed by atoms with Gasteiger partial charge >= 0.3 is 0 Å². The second-order valence-corrected chi connectivity index (χ2v) is 5.61. The Hall–Kier alpha value is -0.860. The van der Waals surface area contributed by atoms with E-state index in [0.717, 1.165) is 12.8 Å². The van der Waals surface area contributed by atoms with Gasteiger partial charge in [-0.1, -0.05) is 31.5 Å². The Labute approximate surface area is 108 Å². The van der Waals surface area contributed by atoms with E-state index in [2.05, 4.69) is 36.6 Å². The van der Waals surface area contributed by atoms with E-state index >= 15 is 0 Å². The molecule has 1 aromatic carbocycles. The minimum Gasteiger partial charge on any atom is -0.328 e. The quantitative estimate of drug-likeness (QED) is 0.807. The summed E-state index contributed by atoms with van der Waals surface area (Å²) in [4.78, 5) is 0. The Kier molecular flexibility index (Phi) is 4.57. The number of hydrogen-bond acceptors (Lipinski definition) is 2. The summed E-state index contributed by atoms with van der Waals surface area (Å²) >= 11 is 1.85. The summed E-state index contributed by atoms with van der Waals surface area (Å²) in [7, 11) is 0. The van der Waals surface area contributed by atoms with Crippen molar-refractivity contribution in [2.75, 3.05) is 0 Å². The maximum Gasteiger partial charge on any atom is 0.0345 e. The van der Waals surface area contributed by atoms with Gasteiger partial charge in [0.2, 0.25) is 0 Å². The standard InChI is InChI=1S/C15H21NS/c1-2-6-13(16)8-5-7-12-11-17-15-10-4-3-9-14(12)15/h3-4,9-11,13H,2,5-8,16H2,1H3. The van der Waals surface area contributed by atoms with Gasteiger partial charge in [-0.3, -0.25) is 0 Å². The van der Waals surface area contributed by atoms with Gasteiger partial charge in [0.15, 0.2) is 0 Å². The number of thiophene rings is 1. The lowest BCUT2D eigenvalue weighted by atomic mass is 10.0. The number of fused-ring (bicyclic) bond motifs is 1. The summed E-state index contributed by atoms with van der Waals surface area (Å²) in [6.45, 7) is 2.20. The second-order valence-electron chi connectivity index (χ2n) is 4.70. The summed E-state index contributed by atoms with van der Waals surface area (Å²) in [5, 5.41) is 3.73. The minimum atomic E-state index is 0.393.